The summed E-state index contributed by atoms with van der Waals surface area (Å²) >= 11 is 0. The molecule has 0 saturated carbocycles. The quantitative estimate of drug-likeness (QED) is 0.511. The lowest BCUT2D eigenvalue weighted by molar-refractivity contribution is -0.146. The van der Waals surface area contributed by atoms with Gasteiger partial charge in [-0.05, 0) is 12.5 Å². The van der Waals surface area contributed by atoms with Crippen molar-refractivity contribution in [2.45, 2.75) is 18.9 Å². The van der Waals surface area contributed by atoms with Crippen molar-refractivity contribution in [3.05, 3.63) is 12.2 Å². The van der Waals surface area contributed by atoms with E-state index in [1.807, 2.05) is 0 Å². The van der Waals surface area contributed by atoms with Gasteiger partial charge in [-0.15, -0.1) is 0 Å². The largest absolute Gasteiger partial charge is 0.508 e. The second-order valence-electron chi connectivity index (χ2n) is 3.23. The molecule has 0 aromatic rings. The van der Waals surface area contributed by atoms with Gasteiger partial charge in [-0.2, -0.15) is 0 Å². The van der Waals surface area contributed by atoms with Crippen LogP contribution < -0.4 is 0 Å². The fourth-order valence-electron chi connectivity index (χ4n) is 1.47. The zero-order valence-electron chi connectivity index (χ0n) is 8.76. The Morgan fingerprint density at radius 3 is 2.60 bits per heavy atom. The fourth-order valence-corrected chi connectivity index (χ4v) is 1.47. The van der Waals surface area contributed by atoms with Crippen molar-refractivity contribution in [1.29, 1.82) is 0 Å². The monoisotopic (exact) mass is 214 g/mol. The highest BCUT2D eigenvalue weighted by molar-refractivity contribution is 5.73. The summed E-state index contributed by atoms with van der Waals surface area (Å²) in [6, 6.07) is 0. The van der Waals surface area contributed by atoms with E-state index in [1.165, 1.54) is 14.2 Å². The fraction of sp³-hybridized carbons (Fsp3) is 0.600. The van der Waals surface area contributed by atoms with Crippen LogP contribution in [0.1, 0.15) is 12.8 Å². The minimum Gasteiger partial charge on any atom is -0.469 e. The van der Waals surface area contributed by atoms with Gasteiger partial charge in [-0.1, -0.05) is 6.08 Å². The van der Waals surface area contributed by atoms with Crippen LogP contribution in [-0.4, -0.2) is 32.4 Å². The lowest BCUT2D eigenvalue weighted by Gasteiger charge is -2.22. The normalized spacial score (nSPS) is 24.4. The summed E-state index contributed by atoms with van der Waals surface area (Å²) in [7, 11) is 2.59. The molecule has 15 heavy (non-hydrogen) atoms. The highest BCUT2D eigenvalue weighted by atomic mass is 16.7. The highest BCUT2D eigenvalue weighted by Crippen LogP contribution is 2.22. The van der Waals surface area contributed by atoms with Crippen molar-refractivity contribution < 1.29 is 23.8 Å². The molecular formula is C10H14O5. The van der Waals surface area contributed by atoms with Gasteiger partial charge in [0.1, 0.15) is 6.10 Å². The average molecular weight is 214 g/mol. The second kappa shape index (κ2) is 5.38. The van der Waals surface area contributed by atoms with Gasteiger partial charge in [-0.3, -0.25) is 4.79 Å². The molecule has 0 amide bonds. The molecule has 0 unspecified atom stereocenters. The van der Waals surface area contributed by atoms with E-state index in [-0.39, 0.29) is 11.9 Å². The van der Waals surface area contributed by atoms with Gasteiger partial charge >= 0.3 is 12.1 Å². The van der Waals surface area contributed by atoms with Gasteiger partial charge in [0.15, 0.2) is 0 Å². The van der Waals surface area contributed by atoms with Gasteiger partial charge in [0.25, 0.3) is 0 Å². The van der Waals surface area contributed by atoms with Crippen molar-refractivity contribution >= 4 is 12.1 Å². The molecule has 1 aliphatic carbocycles. The van der Waals surface area contributed by atoms with Crippen LogP contribution in [0.5, 0.6) is 0 Å². The van der Waals surface area contributed by atoms with E-state index < -0.39 is 12.3 Å². The molecule has 0 aromatic carbocycles. The van der Waals surface area contributed by atoms with Crippen LogP contribution in [0.4, 0.5) is 4.79 Å². The number of methoxy groups -OCH3 is 2. The lowest BCUT2D eigenvalue weighted by Crippen LogP contribution is -2.27. The first-order valence-corrected chi connectivity index (χ1v) is 4.66. The molecule has 5 heteroatoms. The van der Waals surface area contributed by atoms with Gasteiger partial charge in [0.2, 0.25) is 0 Å². The number of carbonyl (C=O) groups excluding carboxylic acids is 2. The average Bonchev–Trinajstić information content (AvgIpc) is 2.28. The Morgan fingerprint density at radius 2 is 2.00 bits per heavy atom. The molecule has 2 atom stereocenters. The number of rotatable bonds is 2. The molecule has 0 radical (unpaired) electrons. The standard InChI is InChI=1S/C10H14O5/c1-13-9(11)7-4-3-5-8(6-7)15-10(12)14-2/h3,5,7-8H,4,6H2,1-2H3/t7-,8-/m0/s1. The van der Waals surface area contributed by atoms with E-state index in [0.29, 0.717) is 12.8 Å². The van der Waals surface area contributed by atoms with E-state index in [1.54, 1.807) is 12.2 Å². The number of hydrogen-bond donors (Lipinski definition) is 0. The van der Waals surface area contributed by atoms with Crippen LogP contribution in [0.2, 0.25) is 0 Å². The molecule has 0 aromatic heterocycles. The van der Waals surface area contributed by atoms with Crippen LogP contribution in [0.15, 0.2) is 12.2 Å². The SMILES string of the molecule is COC(=O)O[C@H]1C=CC[C@H](C(=O)OC)C1. The maximum Gasteiger partial charge on any atom is 0.508 e. The topological polar surface area (TPSA) is 61.8 Å². The van der Waals surface area contributed by atoms with Crippen molar-refractivity contribution in [1.82, 2.24) is 0 Å². The van der Waals surface area contributed by atoms with Crippen LogP contribution >= 0.6 is 0 Å². The third-order valence-electron chi connectivity index (χ3n) is 2.24. The van der Waals surface area contributed by atoms with Gasteiger partial charge in [-0.25, -0.2) is 4.79 Å². The lowest BCUT2D eigenvalue weighted by atomic mass is 9.93. The van der Waals surface area contributed by atoms with Gasteiger partial charge in [0, 0.05) is 6.42 Å². The minimum atomic E-state index is -0.741. The van der Waals surface area contributed by atoms with E-state index >= 15 is 0 Å². The summed E-state index contributed by atoms with van der Waals surface area (Å²) in [5.74, 6) is -0.521. The van der Waals surface area contributed by atoms with Crippen molar-refractivity contribution in [3.8, 4) is 0 Å². The van der Waals surface area contributed by atoms with E-state index in [0.717, 1.165) is 0 Å². The number of hydrogen-bond acceptors (Lipinski definition) is 5. The highest BCUT2D eigenvalue weighted by Gasteiger charge is 2.26. The Labute approximate surface area is 88.0 Å². The Bertz CT molecular complexity index is 271. The summed E-state index contributed by atoms with van der Waals surface area (Å²) < 4.78 is 13.9. The zero-order chi connectivity index (χ0) is 11.3. The van der Waals surface area contributed by atoms with Crippen LogP contribution in [0, 0.1) is 5.92 Å². The molecular weight excluding hydrogens is 200 g/mol. The van der Waals surface area contributed by atoms with Crippen molar-refractivity contribution in [2.24, 2.45) is 5.92 Å². The smallest absolute Gasteiger partial charge is 0.469 e. The molecule has 84 valence electrons. The molecule has 1 rings (SSSR count). The van der Waals surface area contributed by atoms with Crippen LogP contribution in [0.3, 0.4) is 0 Å². The number of carbonyl (C=O) groups is 2. The summed E-state index contributed by atoms with van der Waals surface area (Å²) in [4.78, 5) is 22.1. The Hall–Kier alpha value is -1.52. The first-order chi connectivity index (χ1) is 7.17. The summed E-state index contributed by atoms with van der Waals surface area (Å²) in [5, 5.41) is 0. The molecule has 0 saturated heterocycles. The van der Waals surface area contributed by atoms with Crippen molar-refractivity contribution in [2.75, 3.05) is 14.2 Å². The molecule has 0 fully saturated rings. The van der Waals surface area contributed by atoms with E-state index in [9.17, 15) is 9.59 Å². The summed E-state index contributed by atoms with van der Waals surface area (Å²) in [6.07, 6.45) is 3.46. The summed E-state index contributed by atoms with van der Waals surface area (Å²) in [6.45, 7) is 0. The molecule has 5 nitrogen and oxygen atoms in total. The Balaban J connectivity index is 2.49. The maximum absolute atomic E-state index is 11.2. The third kappa shape index (κ3) is 3.27. The second-order valence-corrected chi connectivity index (χ2v) is 3.23. The number of esters is 1. The zero-order valence-corrected chi connectivity index (χ0v) is 8.76. The molecule has 0 aliphatic heterocycles. The van der Waals surface area contributed by atoms with Crippen LogP contribution in [0.25, 0.3) is 0 Å². The maximum atomic E-state index is 11.2. The molecule has 0 bridgehead atoms. The first-order valence-electron chi connectivity index (χ1n) is 4.66. The summed E-state index contributed by atoms with van der Waals surface area (Å²) in [5.41, 5.74) is 0. The van der Waals surface area contributed by atoms with Gasteiger partial charge < -0.3 is 14.2 Å². The Morgan fingerprint density at radius 1 is 1.27 bits per heavy atom. The van der Waals surface area contributed by atoms with Gasteiger partial charge in [0.05, 0.1) is 20.1 Å². The Kier molecular flexibility index (Phi) is 4.15. The molecule has 1 aliphatic rings. The molecule has 0 spiro atoms. The predicted octanol–water partition coefficient (Wildman–Crippen LogP) is 1.28. The minimum absolute atomic E-state index is 0.241. The number of allylic oxidation sites excluding steroid dienone is 1. The van der Waals surface area contributed by atoms with E-state index in [4.69, 9.17) is 4.74 Å². The molecule has 0 heterocycles. The van der Waals surface area contributed by atoms with E-state index in [2.05, 4.69) is 9.47 Å². The van der Waals surface area contributed by atoms with Crippen molar-refractivity contribution in [3.63, 3.8) is 0 Å². The van der Waals surface area contributed by atoms with Crippen LogP contribution in [-0.2, 0) is 19.0 Å². The third-order valence-corrected chi connectivity index (χ3v) is 2.24. The first kappa shape index (κ1) is 11.6. The molecule has 0 N–H and O–H groups in total. The predicted molar refractivity (Wildman–Crippen MR) is 51.2 cm³/mol. The number of ether oxygens (including phenoxy) is 3.